The van der Waals surface area contributed by atoms with E-state index in [1.807, 2.05) is 0 Å². The van der Waals surface area contributed by atoms with Gasteiger partial charge in [-0.2, -0.15) is 0 Å². The van der Waals surface area contributed by atoms with Crippen molar-refractivity contribution in [3.8, 4) is 0 Å². The summed E-state index contributed by atoms with van der Waals surface area (Å²) in [6, 6.07) is 6.43. The summed E-state index contributed by atoms with van der Waals surface area (Å²) < 4.78 is 14.4. The second-order valence-electron chi connectivity index (χ2n) is 5.23. The average molecular weight is 304 g/mol. The molecule has 1 aromatic heterocycles. The van der Waals surface area contributed by atoms with Gasteiger partial charge in [0.15, 0.2) is 0 Å². The first-order chi connectivity index (χ1) is 10.6. The van der Waals surface area contributed by atoms with Crippen molar-refractivity contribution in [2.75, 3.05) is 31.1 Å². The van der Waals surface area contributed by atoms with Crippen molar-refractivity contribution in [2.45, 2.75) is 13.5 Å². The summed E-state index contributed by atoms with van der Waals surface area (Å²) in [5, 5.41) is 11.1. The second kappa shape index (κ2) is 6.08. The Morgan fingerprint density at radius 3 is 2.45 bits per heavy atom. The van der Waals surface area contributed by atoms with E-state index in [1.54, 1.807) is 24.0 Å². The van der Waals surface area contributed by atoms with Gasteiger partial charge < -0.3 is 9.80 Å². The fourth-order valence-electron chi connectivity index (χ4n) is 2.49. The molecule has 2 heterocycles. The first kappa shape index (κ1) is 14.4. The molecule has 2 aromatic rings. The van der Waals surface area contributed by atoms with Gasteiger partial charge in [-0.15, -0.1) is 5.10 Å². The molecule has 0 unspecified atom stereocenters. The number of carbonyl (C=O) groups is 1. The van der Waals surface area contributed by atoms with Crippen molar-refractivity contribution in [2.24, 2.45) is 0 Å². The van der Waals surface area contributed by atoms with Gasteiger partial charge in [0.05, 0.1) is 0 Å². The quantitative estimate of drug-likeness (QED) is 0.824. The molecule has 1 fully saturated rings. The van der Waals surface area contributed by atoms with E-state index < -0.39 is 0 Å². The van der Waals surface area contributed by atoms with Crippen LogP contribution >= 0.6 is 0 Å². The molecule has 3 rings (SSSR count). The zero-order valence-corrected chi connectivity index (χ0v) is 12.3. The second-order valence-corrected chi connectivity index (χ2v) is 5.23. The molecule has 0 atom stereocenters. The predicted octanol–water partition coefficient (Wildman–Crippen LogP) is 0.469. The van der Waals surface area contributed by atoms with Crippen LogP contribution in [0.3, 0.4) is 0 Å². The Labute approximate surface area is 127 Å². The van der Waals surface area contributed by atoms with E-state index in [4.69, 9.17) is 0 Å². The highest BCUT2D eigenvalue weighted by Crippen LogP contribution is 2.17. The lowest BCUT2D eigenvalue weighted by atomic mass is 10.2. The minimum atomic E-state index is -0.241. The van der Waals surface area contributed by atoms with Crippen molar-refractivity contribution in [3.63, 3.8) is 0 Å². The molecule has 8 heteroatoms. The van der Waals surface area contributed by atoms with E-state index in [9.17, 15) is 9.18 Å². The first-order valence-corrected chi connectivity index (χ1v) is 7.14. The van der Waals surface area contributed by atoms with E-state index in [2.05, 4.69) is 20.4 Å². The van der Waals surface area contributed by atoms with Gasteiger partial charge in [-0.05, 0) is 41.6 Å². The number of nitrogens with zero attached hydrogens (tertiary/aromatic N) is 6. The summed E-state index contributed by atoms with van der Waals surface area (Å²) in [7, 11) is 0. The Morgan fingerprint density at radius 1 is 1.18 bits per heavy atom. The monoisotopic (exact) mass is 304 g/mol. The van der Waals surface area contributed by atoms with E-state index in [0.717, 1.165) is 18.8 Å². The number of piperazine rings is 1. The molecule has 0 bridgehead atoms. The van der Waals surface area contributed by atoms with Gasteiger partial charge in [-0.25, -0.2) is 9.07 Å². The average Bonchev–Trinajstić information content (AvgIpc) is 2.93. The zero-order chi connectivity index (χ0) is 15.5. The molecule has 1 aromatic carbocycles. The zero-order valence-electron chi connectivity index (χ0n) is 12.3. The lowest BCUT2D eigenvalue weighted by Gasteiger charge is -2.36. The highest BCUT2D eigenvalue weighted by Gasteiger charge is 2.22. The van der Waals surface area contributed by atoms with Crippen molar-refractivity contribution in [1.29, 1.82) is 0 Å². The molecule has 116 valence electrons. The number of carbonyl (C=O) groups excluding carboxylic acids is 1. The van der Waals surface area contributed by atoms with Crippen LogP contribution in [0.4, 0.5) is 10.1 Å². The Bertz CT molecular complexity index is 648. The predicted molar refractivity (Wildman–Crippen MR) is 77.7 cm³/mol. The molecule has 0 spiro atoms. The van der Waals surface area contributed by atoms with Crippen LogP contribution < -0.4 is 4.90 Å². The molecule has 1 aliphatic heterocycles. The molecule has 1 amide bonds. The minimum absolute atomic E-state index is 0.00848. The third-order valence-corrected chi connectivity index (χ3v) is 3.82. The maximum absolute atomic E-state index is 12.9. The molecule has 0 radical (unpaired) electrons. The number of aromatic nitrogens is 4. The van der Waals surface area contributed by atoms with Gasteiger partial charge in [-0.3, -0.25) is 4.79 Å². The van der Waals surface area contributed by atoms with Gasteiger partial charge in [-0.1, -0.05) is 0 Å². The normalized spacial score (nSPS) is 15.2. The molecule has 0 saturated carbocycles. The molecule has 1 saturated heterocycles. The first-order valence-electron chi connectivity index (χ1n) is 7.14. The molecular weight excluding hydrogens is 287 g/mol. The lowest BCUT2D eigenvalue weighted by Crippen LogP contribution is -2.49. The standard InChI is InChI=1S/C14H17FN6O/c1-11-16-17-18-21(11)10-14(22)20-8-6-19(7-9-20)13-4-2-12(15)3-5-13/h2-5H,6-10H2,1H3. The smallest absolute Gasteiger partial charge is 0.244 e. The number of halogens is 1. The van der Waals surface area contributed by atoms with Crippen molar-refractivity contribution >= 4 is 11.6 Å². The maximum Gasteiger partial charge on any atom is 0.244 e. The van der Waals surface area contributed by atoms with Gasteiger partial charge in [0.1, 0.15) is 18.2 Å². The number of rotatable bonds is 3. The number of tetrazole rings is 1. The molecule has 7 nitrogen and oxygen atoms in total. The van der Waals surface area contributed by atoms with E-state index >= 15 is 0 Å². The van der Waals surface area contributed by atoms with E-state index in [-0.39, 0.29) is 18.3 Å². The Morgan fingerprint density at radius 2 is 1.86 bits per heavy atom. The van der Waals surface area contributed by atoms with Crippen LogP contribution in [0, 0.1) is 12.7 Å². The van der Waals surface area contributed by atoms with Crippen LogP contribution in [-0.4, -0.2) is 57.2 Å². The van der Waals surface area contributed by atoms with Crippen molar-refractivity contribution in [1.82, 2.24) is 25.1 Å². The van der Waals surface area contributed by atoms with Gasteiger partial charge >= 0.3 is 0 Å². The Kier molecular flexibility index (Phi) is 3.99. The summed E-state index contributed by atoms with van der Waals surface area (Å²) in [5.41, 5.74) is 0.977. The number of amides is 1. The lowest BCUT2D eigenvalue weighted by molar-refractivity contribution is -0.132. The minimum Gasteiger partial charge on any atom is -0.368 e. The highest BCUT2D eigenvalue weighted by atomic mass is 19.1. The summed E-state index contributed by atoms with van der Waals surface area (Å²) >= 11 is 0. The van der Waals surface area contributed by atoms with E-state index in [0.29, 0.717) is 18.9 Å². The van der Waals surface area contributed by atoms with Crippen LogP contribution in [0.25, 0.3) is 0 Å². The molecule has 22 heavy (non-hydrogen) atoms. The largest absolute Gasteiger partial charge is 0.368 e. The number of aryl methyl sites for hydroxylation is 1. The topological polar surface area (TPSA) is 67.2 Å². The number of anilines is 1. The van der Waals surface area contributed by atoms with Crippen molar-refractivity contribution < 1.29 is 9.18 Å². The van der Waals surface area contributed by atoms with Crippen LogP contribution in [0.1, 0.15) is 5.82 Å². The fourth-order valence-corrected chi connectivity index (χ4v) is 2.49. The SMILES string of the molecule is Cc1nnnn1CC(=O)N1CCN(c2ccc(F)cc2)CC1. The highest BCUT2D eigenvalue weighted by molar-refractivity contribution is 5.76. The molecule has 0 aliphatic carbocycles. The number of benzene rings is 1. The Hall–Kier alpha value is -2.51. The number of hydrogen-bond donors (Lipinski definition) is 0. The van der Waals surface area contributed by atoms with Crippen LogP contribution in [0.15, 0.2) is 24.3 Å². The van der Waals surface area contributed by atoms with Crippen LogP contribution in [0.5, 0.6) is 0 Å². The summed E-state index contributed by atoms with van der Waals surface area (Å²) in [6.45, 7) is 4.65. The Balaban J connectivity index is 1.56. The fraction of sp³-hybridized carbons (Fsp3) is 0.429. The van der Waals surface area contributed by atoms with Gasteiger partial charge in [0.2, 0.25) is 5.91 Å². The van der Waals surface area contributed by atoms with Crippen molar-refractivity contribution in [3.05, 3.63) is 35.9 Å². The third-order valence-electron chi connectivity index (χ3n) is 3.82. The van der Waals surface area contributed by atoms with Gasteiger partial charge in [0, 0.05) is 31.9 Å². The van der Waals surface area contributed by atoms with Gasteiger partial charge in [0.25, 0.3) is 0 Å². The summed E-state index contributed by atoms with van der Waals surface area (Å²) in [5.74, 6) is 0.391. The van der Waals surface area contributed by atoms with E-state index in [1.165, 1.54) is 16.8 Å². The molecular formula is C14H17FN6O. The van der Waals surface area contributed by atoms with Crippen LogP contribution in [0.2, 0.25) is 0 Å². The third kappa shape index (κ3) is 3.05. The molecule has 1 aliphatic rings. The van der Waals surface area contributed by atoms with Crippen LogP contribution in [-0.2, 0) is 11.3 Å². The molecule has 0 N–H and O–H groups in total. The summed E-state index contributed by atoms with van der Waals surface area (Å²) in [6.07, 6.45) is 0. The maximum atomic E-state index is 12.9. The summed E-state index contributed by atoms with van der Waals surface area (Å²) in [4.78, 5) is 16.2. The number of hydrogen-bond acceptors (Lipinski definition) is 5.